The molecule has 0 spiro atoms. The quantitative estimate of drug-likeness (QED) is 0.0701. The van der Waals surface area contributed by atoms with Gasteiger partial charge in [0.15, 0.2) is 6.10 Å². The first-order chi connectivity index (χ1) is 28.6. The van der Waals surface area contributed by atoms with Crippen molar-refractivity contribution < 1.29 is 52.8 Å². The van der Waals surface area contributed by atoms with Crippen molar-refractivity contribution in [3.8, 4) is 11.5 Å². The van der Waals surface area contributed by atoms with Crippen LogP contribution >= 0.6 is 0 Å². The molecule has 0 fully saturated rings. The second-order valence-electron chi connectivity index (χ2n) is 15.0. The number of amides is 3. The molecular formula is C45H62N4O11. The van der Waals surface area contributed by atoms with Gasteiger partial charge >= 0.3 is 6.09 Å². The lowest BCUT2D eigenvalue weighted by molar-refractivity contribution is -0.120. The smallest absolute Gasteiger partial charge is 0.405 e. The zero-order valence-electron chi connectivity index (χ0n) is 36.0. The number of aliphatic hydroxyl groups is 1. The van der Waals surface area contributed by atoms with E-state index in [0.717, 1.165) is 30.9 Å². The van der Waals surface area contributed by atoms with E-state index in [0.29, 0.717) is 43.0 Å². The fraction of sp³-hybridized carbons (Fsp3) is 0.489. The fourth-order valence-corrected chi connectivity index (χ4v) is 6.96. The zero-order chi connectivity index (χ0) is 44.4. The number of nitrogens with one attached hydrogen (secondary N) is 3. The Balaban J connectivity index is 1.72. The molecule has 0 radical (unpaired) electrons. The lowest BCUT2D eigenvalue weighted by Gasteiger charge is -2.30. The number of ether oxygens (including phenoxy) is 5. The van der Waals surface area contributed by atoms with Gasteiger partial charge in [0.1, 0.15) is 17.6 Å². The van der Waals surface area contributed by atoms with Gasteiger partial charge in [-0.25, -0.2) is 4.79 Å². The first kappa shape index (κ1) is 48.9. The van der Waals surface area contributed by atoms with Gasteiger partial charge in [-0.1, -0.05) is 51.0 Å². The lowest BCUT2D eigenvalue weighted by atomic mass is 9.85. The van der Waals surface area contributed by atoms with Crippen molar-refractivity contribution in [2.45, 2.75) is 90.6 Å². The molecule has 2 bridgehead atoms. The van der Waals surface area contributed by atoms with E-state index in [-0.39, 0.29) is 40.8 Å². The highest BCUT2D eigenvalue weighted by atomic mass is 16.6. The number of hydrogen-bond acceptors (Lipinski definition) is 12. The number of Topliss-reactive ketones (excluding diaryl/α,β-unsaturated/α-hetero) is 1. The summed E-state index contributed by atoms with van der Waals surface area (Å²) in [5, 5.41) is 20.1. The van der Waals surface area contributed by atoms with Gasteiger partial charge in [0.2, 0.25) is 17.5 Å². The summed E-state index contributed by atoms with van der Waals surface area (Å²) in [6.45, 7) is 7.90. The monoisotopic (exact) mass is 834 g/mol. The van der Waals surface area contributed by atoms with Crippen molar-refractivity contribution in [2.24, 2.45) is 17.6 Å². The van der Waals surface area contributed by atoms with Crippen LogP contribution < -0.4 is 31.2 Å². The van der Waals surface area contributed by atoms with E-state index in [1.807, 2.05) is 6.92 Å². The molecule has 15 heteroatoms. The highest BCUT2D eigenvalue weighted by molar-refractivity contribution is 6.23. The summed E-state index contributed by atoms with van der Waals surface area (Å²) >= 11 is 0. The highest BCUT2D eigenvalue weighted by Gasteiger charge is 2.33. The Labute approximate surface area is 353 Å². The van der Waals surface area contributed by atoms with Gasteiger partial charge in [0.25, 0.3) is 5.91 Å². The van der Waals surface area contributed by atoms with Crippen LogP contribution in [0.4, 0.5) is 4.79 Å². The van der Waals surface area contributed by atoms with E-state index in [4.69, 9.17) is 29.4 Å². The van der Waals surface area contributed by atoms with E-state index in [1.165, 1.54) is 26.4 Å². The summed E-state index contributed by atoms with van der Waals surface area (Å²) in [5.74, 6) is -1.22. The maximum absolute atomic E-state index is 14.0. The van der Waals surface area contributed by atoms with Crippen molar-refractivity contribution in [3.63, 3.8) is 0 Å². The van der Waals surface area contributed by atoms with Gasteiger partial charge < -0.3 is 50.5 Å². The number of nitrogens with two attached hydrogens (primary N) is 1. The molecule has 6 N–H and O–H groups in total. The number of allylic oxidation sites excluding steroid dienone is 4. The molecule has 1 aliphatic heterocycles. The van der Waals surface area contributed by atoms with Crippen LogP contribution in [0.3, 0.4) is 0 Å². The Morgan fingerprint density at radius 1 is 0.950 bits per heavy atom. The Kier molecular flexibility index (Phi) is 20.0. The average molecular weight is 835 g/mol. The molecule has 1 heterocycles. The second kappa shape index (κ2) is 24.5. The number of fused-ring (bicyclic) bond motifs is 2. The second-order valence-corrected chi connectivity index (χ2v) is 15.0. The van der Waals surface area contributed by atoms with Crippen molar-refractivity contribution in [1.82, 2.24) is 16.0 Å². The van der Waals surface area contributed by atoms with Crippen molar-refractivity contribution in [1.29, 1.82) is 0 Å². The number of rotatable bonds is 15. The van der Waals surface area contributed by atoms with Crippen molar-refractivity contribution in [2.75, 3.05) is 41.5 Å². The topological polar surface area (TPSA) is 214 Å². The summed E-state index contributed by atoms with van der Waals surface area (Å²) < 4.78 is 27.3. The molecule has 1 aromatic rings. The summed E-state index contributed by atoms with van der Waals surface area (Å²) in [4.78, 5) is 65.1. The third-order valence-corrected chi connectivity index (χ3v) is 10.3. The molecule has 6 atom stereocenters. The van der Waals surface area contributed by atoms with Crippen LogP contribution in [0.5, 0.6) is 11.5 Å². The first-order valence-corrected chi connectivity index (χ1v) is 20.1. The number of carbonyl (C=O) groups is 5. The van der Waals surface area contributed by atoms with Crippen LogP contribution in [0.2, 0.25) is 0 Å². The van der Waals surface area contributed by atoms with Gasteiger partial charge in [-0.3, -0.25) is 19.2 Å². The molecule has 1 aromatic carbocycles. The zero-order valence-corrected chi connectivity index (χ0v) is 36.0. The number of hydrogen-bond donors (Lipinski definition) is 5. The predicted molar refractivity (Wildman–Crippen MR) is 228 cm³/mol. The number of primary amides is 1. The Bertz CT molecular complexity index is 1860. The normalized spacial score (nSPS) is 25.6. The molecule has 3 rings (SSSR count). The highest BCUT2D eigenvalue weighted by Crippen LogP contribution is 2.29. The maximum Gasteiger partial charge on any atom is 0.405 e. The number of carbonyl (C=O) groups excluding carboxylic acids is 5. The van der Waals surface area contributed by atoms with Gasteiger partial charge in [-0.15, -0.1) is 0 Å². The standard InChI is InChI=1S/C45H62N4O11/c1-27-20-34-40(48-19-12-10-9-11-18-47-39(51)17-16-31-23-32(56-5)25-33(24-31)57-6)36(50)26-35(42(34)53)49-44(54)28(2)14-13-15-37(58-7)43(60-45(46)55)30(4)22-29(3)41(52)38(21-27)59-8/h13-17,22-27,29,37-38,41,43,48,52H,9-12,18-21H2,1-8H3,(H2,46,55)(H,47,51)(H,49,54)/b15-13-,17-16+,28-14+,30-22+/t27-,29+,37+,38+,41-,43+/m1/s1. The minimum absolute atomic E-state index is 0.144. The molecular weight excluding hydrogens is 773 g/mol. The number of unbranched alkanes of at least 4 members (excludes halogenated alkanes) is 3. The Morgan fingerprint density at radius 3 is 2.23 bits per heavy atom. The van der Waals surface area contributed by atoms with E-state index in [9.17, 15) is 29.1 Å². The summed E-state index contributed by atoms with van der Waals surface area (Å²) in [6, 6.07) is 5.35. The van der Waals surface area contributed by atoms with Gasteiger partial charge in [0, 0.05) is 62.6 Å². The summed E-state index contributed by atoms with van der Waals surface area (Å²) in [7, 11) is 6.04. The Hall–Kier alpha value is -5.51. The van der Waals surface area contributed by atoms with Gasteiger partial charge in [-0.2, -0.15) is 0 Å². The fourth-order valence-electron chi connectivity index (χ4n) is 6.96. The lowest BCUT2D eigenvalue weighted by Crippen LogP contribution is -2.38. The van der Waals surface area contributed by atoms with Crippen molar-refractivity contribution in [3.05, 3.63) is 88.3 Å². The number of aliphatic hydroxyl groups excluding tert-OH is 1. The minimum atomic E-state index is -1.01. The van der Waals surface area contributed by atoms with Crippen LogP contribution in [0, 0.1) is 11.8 Å². The van der Waals surface area contributed by atoms with E-state index >= 15 is 0 Å². The van der Waals surface area contributed by atoms with Crippen molar-refractivity contribution >= 4 is 35.6 Å². The molecule has 0 aromatic heterocycles. The number of ketones is 2. The summed E-state index contributed by atoms with van der Waals surface area (Å²) in [6.07, 6.45) is 9.84. The third kappa shape index (κ3) is 14.9. The number of benzene rings is 1. The molecule has 2 aliphatic rings. The summed E-state index contributed by atoms with van der Waals surface area (Å²) in [5.41, 5.74) is 7.23. The van der Waals surface area contributed by atoms with Crippen LogP contribution in [0.1, 0.15) is 71.8 Å². The Morgan fingerprint density at radius 2 is 1.62 bits per heavy atom. The predicted octanol–water partition coefficient (Wildman–Crippen LogP) is 4.76. The van der Waals surface area contributed by atoms with E-state index in [1.54, 1.807) is 77.5 Å². The minimum Gasteiger partial charge on any atom is -0.497 e. The van der Waals surface area contributed by atoms with Crippen LogP contribution in [0.25, 0.3) is 6.08 Å². The van der Waals surface area contributed by atoms with Gasteiger partial charge in [-0.05, 0) is 74.8 Å². The average Bonchev–Trinajstić information content (AvgIpc) is 3.22. The van der Waals surface area contributed by atoms with Crippen LogP contribution in [-0.2, 0) is 33.4 Å². The van der Waals surface area contributed by atoms with Gasteiger partial charge in [0.05, 0.1) is 37.8 Å². The molecule has 0 saturated carbocycles. The molecule has 3 amide bonds. The van der Waals surface area contributed by atoms with Crippen LogP contribution in [0.15, 0.2) is 82.8 Å². The molecule has 15 nitrogen and oxygen atoms in total. The largest absolute Gasteiger partial charge is 0.497 e. The molecule has 1 aliphatic carbocycles. The van der Waals surface area contributed by atoms with E-state index < -0.39 is 53.9 Å². The molecule has 0 unspecified atom stereocenters. The third-order valence-electron chi connectivity index (χ3n) is 10.3. The molecule has 0 saturated heterocycles. The molecule has 328 valence electrons. The first-order valence-electron chi connectivity index (χ1n) is 20.1. The van der Waals surface area contributed by atoms with E-state index in [2.05, 4.69) is 16.0 Å². The number of methoxy groups -OCH3 is 4. The SMILES string of the molecule is COc1cc(/C=C/C(=O)NCCCCCCNC2=C3C[C@@H](C)C[C@H](OC)[C@H](O)[C@@H](C)/C=C(\C)[C@H](OC(N)=O)[C@@H](OC)/C=C\C=C(/C)C(=O)NC(=CC2=O)C3=O)cc(OC)c1. The maximum atomic E-state index is 14.0. The molecule has 60 heavy (non-hydrogen) atoms. The van der Waals surface area contributed by atoms with Crippen LogP contribution in [-0.4, -0.2) is 101 Å².